The van der Waals surface area contributed by atoms with Crippen molar-refractivity contribution in [1.82, 2.24) is 4.90 Å². The Hall–Kier alpha value is -1.74. The van der Waals surface area contributed by atoms with Gasteiger partial charge in [0.05, 0.1) is 11.6 Å². The van der Waals surface area contributed by atoms with Crippen molar-refractivity contribution in [3.8, 4) is 6.07 Å². The van der Waals surface area contributed by atoms with Gasteiger partial charge in [-0.25, -0.2) is 4.79 Å². The largest absolute Gasteiger partial charge is 0.444 e. The number of hydrogen-bond acceptors (Lipinski definition) is 5. The lowest BCUT2D eigenvalue weighted by atomic mass is 9.99. The number of rotatable bonds is 0. The lowest BCUT2D eigenvalue weighted by molar-refractivity contribution is 0.0164. The minimum absolute atomic E-state index is 0.108. The summed E-state index contributed by atoms with van der Waals surface area (Å²) in [7, 11) is 0. The number of ether oxygens (including phenoxy) is 1. The molecule has 0 aliphatic carbocycles. The van der Waals surface area contributed by atoms with Crippen molar-refractivity contribution in [2.24, 2.45) is 0 Å². The Morgan fingerprint density at radius 2 is 2.20 bits per heavy atom. The predicted octanol–water partition coefficient (Wildman–Crippen LogP) is 3.06. The van der Waals surface area contributed by atoms with Crippen LogP contribution in [0.15, 0.2) is 0 Å². The van der Waals surface area contributed by atoms with Crippen LogP contribution in [0.25, 0.3) is 0 Å². The fraction of sp³-hybridized carbons (Fsp3) is 0.571. The molecular formula is C14H19N3O2S. The number of fused-ring (bicyclic) bond motifs is 1. The van der Waals surface area contributed by atoms with Crippen molar-refractivity contribution < 1.29 is 9.53 Å². The van der Waals surface area contributed by atoms with E-state index in [1.54, 1.807) is 4.90 Å². The van der Waals surface area contributed by atoms with E-state index in [-0.39, 0.29) is 12.1 Å². The van der Waals surface area contributed by atoms with Crippen LogP contribution in [-0.2, 0) is 11.2 Å². The van der Waals surface area contributed by atoms with Gasteiger partial charge in [-0.05, 0) is 39.7 Å². The number of anilines is 1. The first-order valence-corrected chi connectivity index (χ1v) is 7.37. The number of hydrogen-bond donors (Lipinski definition) is 1. The monoisotopic (exact) mass is 293 g/mol. The van der Waals surface area contributed by atoms with E-state index in [1.807, 2.05) is 27.7 Å². The van der Waals surface area contributed by atoms with E-state index in [0.29, 0.717) is 23.5 Å². The molecule has 2 rings (SSSR count). The number of nitriles is 1. The van der Waals surface area contributed by atoms with Crippen LogP contribution in [0.5, 0.6) is 0 Å². The van der Waals surface area contributed by atoms with Gasteiger partial charge in [0.15, 0.2) is 0 Å². The lowest BCUT2D eigenvalue weighted by Gasteiger charge is -2.34. The van der Waals surface area contributed by atoms with Crippen LogP contribution in [0.4, 0.5) is 9.80 Å². The number of carbonyl (C=O) groups is 1. The van der Waals surface area contributed by atoms with Crippen LogP contribution in [0.3, 0.4) is 0 Å². The van der Waals surface area contributed by atoms with Crippen molar-refractivity contribution in [2.75, 3.05) is 12.3 Å². The molecule has 0 aromatic carbocycles. The van der Waals surface area contributed by atoms with Crippen molar-refractivity contribution in [1.29, 1.82) is 5.26 Å². The molecule has 6 heteroatoms. The third-order valence-corrected chi connectivity index (χ3v) is 4.49. The van der Waals surface area contributed by atoms with Gasteiger partial charge < -0.3 is 15.4 Å². The summed E-state index contributed by atoms with van der Waals surface area (Å²) in [5.74, 6) is 0. The summed E-state index contributed by atoms with van der Waals surface area (Å²) in [6.45, 7) is 8.04. The van der Waals surface area contributed by atoms with Crippen molar-refractivity contribution in [2.45, 2.75) is 45.8 Å². The molecule has 2 N–H and O–H groups in total. The fourth-order valence-corrected chi connectivity index (χ4v) is 3.48. The van der Waals surface area contributed by atoms with Gasteiger partial charge in [-0.2, -0.15) is 5.26 Å². The number of nitrogen functional groups attached to an aromatic ring is 1. The molecule has 1 atom stereocenters. The van der Waals surface area contributed by atoms with E-state index in [4.69, 9.17) is 15.7 Å². The maximum atomic E-state index is 12.2. The summed E-state index contributed by atoms with van der Waals surface area (Å²) < 4.78 is 5.42. The molecule has 20 heavy (non-hydrogen) atoms. The van der Waals surface area contributed by atoms with Crippen LogP contribution in [0.2, 0.25) is 0 Å². The molecule has 108 valence electrons. The Morgan fingerprint density at radius 3 is 2.75 bits per heavy atom. The number of thiophene rings is 1. The van der Waals surface area contributed by atoms with E-state index < -0.39 is 5.60 Å². The van der Waals surface area contributed by atoms with Gasteiger partial charge in [0.1, 0.15) is 16.7 Å². The minimum atomic E-state index is -0.511. The Kier molecular flexibility index (Phi) is 3.65. The third-order valence-electron chi connectivity index (χ3n) is 3.25. The van der Waals surface area contributed by atoms with Crippen LogP contribution in [0.1, 0.15) is 49.7 Å². The molecule has 1 amide bonds. The zero-order valence-corrected chi connectivity index (χ0v) is 13.0. The molecule has 1 aliphatic rings. The Balaban J connectivity index is 2.27. The molecule has 1 aliphatic heterocycles. The Morgan fingerprint density at radius 1 is 1.55 bits per heavy atom. The summed E-state index contributed by atoms with van der Waals surface area (Å²) >= 11 is 1.39. The standard InChI is InChI=1S/C14H19N3O2S/c1-8-11-9(10(7-15)12(16)20-11)5-6-17(8)13(18)19-14(2,3)4/h8H,5-6,16H2,1-4H3. The van der Waals surface area contributed by atoms with E-state index in [1.165, 1.54) is 11.3 Å². The van der Waals surface area contributed by atoms with Crippen LogP contribution < -0.4 is 5.73 Å². The summed E-state index contributed by atoms with van der Waals surface area (Å²) in [6.07, 6.45) is 0.330. The van der Waals surface area contributed by atoms with E-state index in [0.717, 1.165) is 10.4 Å². The summed E-state index contributed by atoms with van der Waals surface area (Å²) in [5.41, 5.74) is 6.93. The highest BCUT2D eigenvalue weighted by Gasteiger charge is 2.34. The molecular weight excluding hydrogens is 274 g/mol. The first-order chi connectivity index (χ1) is 9.24. The highest BCUT2D eigenvalue weighted by atomic mass is 32.1. The first-order valence-electron chi connectivity index (χ1n) is 6.55. The average Bonchev–Trinajstić information content (AvgIpc) is 2.63. The molecule has 5 nitrogen and oxygen atoms in total. The zero-order valence-electron chi connectivity index (χ0n) is 12.2. The number of nitrogens with zero attached hydrogens (tertiary/aromatic N) is 2. The molecule has 0 radical (unpaired) electrons. The second-order valence-electron chi connectivity index (χ2n) is 5.90. The third kappa shape index (κ3) is 2.59. The maximum absolute atomic E-state index is 12.2. The summed E-state index contributed by atoms with van der Waals surface area (Å²) in [5, 5.41) is 9.69. The smallest absolute Gasteiger partial charge is 0.410 e. The maximum Gasteiger partial charge on any atom is 0.410 e. The van der Waals surface area contributed by atoms with Gasteiger partial charge in [0.2, 0.25) is 0 Å². The number of carbonyl (C=O) groups excluding carboxylic acids is 1. The van der Waals surface area contributed by atoms with Crippen molar-refractivity contribution in [3.63, 3.8) is 0 Å². The average molecular weight is 293 g/mol. The summed E-state index contributed by atoms with van der Waals surface area (Å²) in [6, 6.07) is 2.05. The molecule has 1 unspecified atom stereocenters. The molecule has 0 saturated carbocycles. The lowest BCUT2D eigenvalue weighted by Crippen LogP contribution is -2.41. The molecule has 2 heterocycles. The van der Waals surface area contributed by atoms with Gasteiger partial charge >= 0.3 is 6.09 Å². The van der Waals surface area contributed by atoms with Gasteiger partial charge in [-0.3, -0.25) is 0 Å². The predicted molar refractivity (Wildman–Crippen MR) is 78.5 cm³/mol. The Labute approximate surface area is 122 Å². The minimum Gasteiger partial charge on any atom is -0.444 e. The van der Waals surface area contributed by atoms with Crippen molar-refractivity contribution >= 4 is 22.4 Å². The van der Waals surface area contributed by atoms with Crippen LogP contribution in [-0.4, -0.2) is 23.1 Å². The topological polar surface area (TPSA) is 79.4 Å². The van der Waals surface area contributed by atoms with Crippen molar-refractivity contribution in [3.05, 3.63) is 16.0 Å². The SMILES string of the molecule is CC1c2sc(N)c(C#N)c2CCN1C(=O)OC(C)(C)C. The molecule has 0 spiro atoms. The fourth-order valence-electron chi connectivity index (χ4n) is 2.35. The highest BCUT2D eigenvalue weighted by molar-refractivity contribution is 7.16. The van der Waals surface area contributed by atoms with Gasteiger partial charge in [-0.1, -0.05) is 0 Å². The Bertz CT molecular complexity index is 580. The molecule has 0 fully saturated rings. The van der Waals surface area contributed by atoms with Gasteiger partial charge in [0.25, 0.3) is 0 Å². The number of nitrogens with two attached hydrogens (primary N) is 1. The zero-order chi connectivity index (χ0) is 15.1. The van der Waals surface area contributed by atoms with Gasteiger partial charge in [-0.15, -0.1) is 11.3 Å². The van der Waals surface area contributed by atoms with Crippen LogP contribution >= 0.6 is 11.3 Å². The van der Waals surface area contributed by atoms with E-state index in [2.05, 4.69) is 6.07 Å². The quantitative estimate of drug-likeness (QED) is 0.797. The molecule has 1 aromatic rings. The molecule has 0 saturated heterocycles. The van der Waals surface area contributed by atoms with Gasteiger partial charge in [0, 0.05) is 11.4 Å². The number of amides is 1. The normalized spacial score (nSPS) is 18.4. The first kappa shape index (κ1) is 14.7. The summed E-state index contributed by atoms with van der Waals surface area (Å²) in [4.78, 5) is 14.9. The second-order valence-corrected chi connectivity index (χ2v) is 6.98. The van der Waals surface area contributed by atoms with E-state index in [9.17, 15) is 4.79 Å². The molecule has 0 bridgehead atoms. The van der Waals surface area contributed by atoms with E-state index >= 15 is 0 Å². The highest BCUT2D eigenvalue weighted by Crippen LogP contribution is 2.40. The molecule has 1 aromatic heterocycles. The second kappa shape index (κ2) is 4.98. The van der Waals surface area contributed by atoms with Crippen LogP contribution in [0, 0.1) is 11.3 Å².